The lowest BCUT2D eigenvalue weighted by Crippen LogP contribution is -2.30. The highest BCUT2D eigenvalue weighted by Gasteiger charge is 2.36. The van der Waals surface area contributed by atoms with Crippen molar-refractivity contribution in [2.75, 3.05) is 6.54 Å². The fraction of sp³-hybridized carbons (Fsp3) is 0.385. The zero-order valence-electron chi connectivity index (χ0n) is 11.2. The molecule has 0 aromatic carbocycles. The van der Waals surface area contributed by atoms with Gasteiger partial charge in [0.1, 0.15) is 4.90 Å². The van der Waals surface area contributed by atoms with Gasteiger partial charge in [-0.3, -0.25) is 9.67 Å². The van der Waals surface area contributed by atoms with Gasteiger partial charge in [-0.25, -0.2) is 8.42 Å². The lowest BCUT2D eigenvalue weighted by Gasteiger charge is -2.23. The molecule has 1 atom stereocenters. The lowest BCUT2D eigenvalue weighted by atomic mass is 10.1. The van der Waals surface area contributed by atoms with Crippen molar-refractivity contribution < 1.29 is 8.42 Å². The van der Waals surface area contributed by atoms with Crippen LogP contribution in [-0.4, -0.2) is 34.0 Å². The smallest absolute Gasteiger partial charge is 0.246 e. The average Bonchev–Trinajstić information content (AvgIpc) is 3.08. The molecule has 1 aliphatic rings. The van der Waals surface area contributed by atoms with Crippen molar-refractivity contribution in [3.63, 3.8) is 0 Å². The second-order valence-corrected chi connectivity index (χ2v) is 6.79. The van der Waals surface area contributed by atoms with E-state index in [0.29, 0.717) is 6.54 Å². The van der Waals surface area contributed by atoms with Gasteiger partial charge in [-0.2, -0.15) is 9.40 Å². The molecule has 0 bridgehead atoms. The van der Waals surface area contributed by atoms with Gasteiger partial charge in [-0.15, -0.1) is 0 Å². The van der Waals surface area contributed by atoms with E-state index in [1.54, 1.807) is 23.7 Å². The van der Waals surface area contributed by atoms with Crippen molar-refractivity contribution in [1.29, 1.82) is 0 Å². The molecule has 0 radical (unpaired) electrons. The van der Waals surface area contributed by atoms with Crippen LogP contribution in [0.15, 0.2) is 41.8 Å². The van der Waals surface area contributed by atoms with Crippen LogP contribution in [0.25, 0.3) is 0 Å². The Labute approximate surface area is 118 Å². The zero-order chi connectivity index (χ0) is 14.2. The summed E-state index contributed by atoms with van der Waals surface area (Å²) < 4.78 is 28.5. The van der Waals surface area contributed by atoms with Crippen LogP contribution in [0, 0.1) is 0 Å². The molecule has 1 saturated heterocycles. The van der Waals surface area contributed by atoms with Gasteiger partial charge in [0.2, 0.25) is 10.0 Å². The van der Waals surface area contributed by atoms with Gasteiger partial charge in [0.05, 0.1) is 12.2 Å². The van der Waals surface area contributed by atoms with Crippen LogP contribution in [0.3, 0.4) is 0 Å². The summed E-state index contributed by atoms with van der Waals surface area (Å²) in [5.74, 6) is 0. The van der Waals surface area contributed by atoms with Crippen molar-refractivity contribution in [3.05, 3.63) is 42.5 Å². The number of nitrogens with zero attached hydrogens (tertiary/aromatic N) is 4. The fourth-order valence-electron chi connectivity index (χ4n) is 2.61. The van der Waals surface area contributed by atoms with Gasteiger partial charge in [0, 0.05) is 32.2 Å². The van der Waals surface area contributed by atoms with E-state index in [9.17, 15) is 8.42 Å². The van der Waals surface area contributed by atoms with Gasteiger partial charge in [0.15, 0.2) is 0 Å². The molecule has 0 N–H and O–H groups in total. The summed E-state index contributed by atoms with van der Waals surface area (Å²) >= 11 is 0. The van der Waals surface area contributed by atoms with Crippen LogP contribution in [0.1, 0.15) is 24.4 Å². The molecule has 0 spiro atoms. The van der Waals surface area contributed by atoms with Crippen molar-refractivity contribution in [2.24, 2.45) is 7.05 Å². The Bertz CT molecular complexity index is 696. The Morgan fingerprint density at radius 1 is 1.30 bits per heavy atom. The Hall–Kier alpha value is -1.73. The maximum absolute atomic E-state index is 12.7. The third-order valence-corrected chi connectivity index (χ3v) is 5.44. The van der Waals surface area contributed by atoms with Gasteiger partial charge >= 0.3 is 0 Å². The highest BCUT2D eigenvalue weighted by atomic mass is 32.2. The van der Waals surface area contributed by atoms with E-state index in [2.05, 4.69) is 10.1 Å². The van der Waals surface area contributed by atoms with E-state index in [4.69, 9.17) is 0 Å². The molecule has 0 amide bonds. The molecule has 0 aliphatic carbocycles. The van der Waals surface area contributed by atoms with Crippen LogP contribution >= 0.6 is 0 Å². The number of hydrogen-bond acceptors (Lipinski definition) is 4. The summed E-state index contributed by atoms with van der Waals surface area (Å²) in [4.78, 5) is 4.24. The number of pyridine rings is 1. The SMILES string of the molecule is Cn1cc(S(=O)(=O)N2CCC[C@@H]2c2ccncc2)cn1. The molecule has 6 nitrogen and oxygen atoms in total. The normalized spacial score (nSPS) is 20.4. The van der Waals surface area contributed by atoms with E-state index in [1.807, 2.05) is 12.1 Å². The molecular formula is C13H16N4O2S. The first-order valence-corrected chi connectivity index (χ1v) is 7.93. The Morgan fingerprint density at radius 2 is 2.05 bits per heavy atom. The Balaban J connectivity index is 1.97. The molecule has 106 valence electrons. The zero-order valence-corrected chi connectivity index (χ0v) is 12.0. The van der Waals surface area contributed by atoms with Gasteiger partial charge < -0.3 is 0 Å². The molecule has 7 heteroatoms. The van der Waals surface area contributed by atoms with Crippen molar-refractivity contribution in [3.8, 4) is 0 Å². The monoisotopic (exact) mass is 292 g/mol. The highest BCUT2D eigenvalue weighted by Crippen LogP contribution is 2.35. The summed E-state index contributed by atoms with van der Waals surface area (Å²) in [5.41, 5.74) is 0.991. The van der Waals surface area contributed by atoms with Crippen LogP contribution in [0.2, 0.25) is 0 Å². The van der Waals surface area contributed by atoms with Gasteiger partial charge in [0.25, 0.3) is 0 Å². The summed E-state index contributed by atoms with van der Waals surface area (Å²) in [6.45, 7) is 0.546. The Kier molecular flexibility index (Phi) is 3.31. The first-order chi connectivity index (χ1) is 9.59. The molecule has 1 aliphatic heterocycles. The minimum atomic E-state index is -3.49. The predicted octanol–water partition coefficient (Wildman–Crippen LogP) is 1.34. The quantitative estimate of drug-likeness (QED) is 0.856. The largest absolute Gasteiger partial charge is 0.274 e. The number of sulfonamides is 1. The molecule has 1 fully saturated rings. The topological polar surface area (TPSA) is 68.1 Å². The maximum Gasteiger partial charge on any atom is 0.246 e. The van der Waals surface area contributed by atoms with E-state index in [-0.39, 0.29) is 10.9 Å². The van der Waals surface area contributed by atoms with Crippen molar-refractivity contribution >= 4 is 10.0 Å². The third-order valence-electron chi connectivity index (χ3n) is 3.58. The molecule has 3 rings (SSSR count). The summed E-state index contributed by atoms with van der Waals surface area (Å²) in [7, 11) is -1.77. The van der Waals surface area contributed by atoms with Crippen LogP contribution in [-0.2, 0) is 17.1 Å². The first-order valence-electron chi connectivity index (χ1n) is 6.49. The molecule has 3 heterocycles. The van der Waals surface area contributed by atoms with Crippen molar-refractivity contribution in [1.82, 2.24) is 19.1 Å². The second-order valence-electron chi connectivity index (χ2n) is 4.90. The molecule has 0 saturated carbocycles. The predicted molar refractivity (Wildman–Crippen MR) is 73.3 cm³/mol. The van der Waals surface area contributed by atoms with E-state index >= 15 is 0 Å². The second kappa shape index (κ2) is 4.99. The number of aryl methyl sites for hydroxylation is 1. The highest BCUT2D eigenvalue weighted by molar-refractivity contribution is 7.89. The summed E-state index contributed by atoms with van der Waals surface area (Å²) in [6, 6.07) is 3.65. The number of hydrogen-bond donors (Lipinski definition) is 0. The molecule has 2 aromatic heterocycles. The van der Waals surface area contributed by atoms with Crippen LogP contribution in [0.5, 0.6) is 0 Å². The van der Waals surface area contributed by atoms with Crippen LogP contribution < -0.4 is 0 Å². The van der Waals surface area contributed by atoms with E-state index in [0.717, 1.165) is 18.4 Å². The summed E-state index contributed by atoms with van der Waals surface area (Å²) in [6.07, 6.45) is 8.04. The minimum absolute atomic E-state index is 0.108. The first kappa shape index (κ1) is 13.3. The minimum Gasteiger partial charge on any atom is -0.274 e. The van der Waals surface area contributed by atoms with Crippen LogP contribution in [0.4, 0.5) is 0 Å². The Morgan fingerprint density at radius 3 is 2.70 bits per heavy atom. The number of aromatic nitrogens is 3. The van der Waals surface area contributed by atoms with Crippen molar-refractivity contribution in [2.45, 2.75) is 23.8 Å². The maximum atomic E-state index is 12.7. The third kappa shape index (κ3) is 2.23. The number of rotatable bonds is 3. The molecule has 20 heavy (non-hydrogen) atoms. The van der Waals surface area contributed by atoms with Gasteiger partial charge in [-0.05, 0) is 30.5 Å². The average molecular weight is 292 g/mol. The van der Waals surface area contributed by atoms with E-state index < -0.39 is 10.0 Å². The molecule has 2 aromatic rings. The fourth-order valence-corrected chi connectivity index (χ4v) is 4.28. The van der Waals surface area contributed by atoms with Gasteiger partial charge in [-0.1, -0.05) is 0 Å². The summed E-state index contributed by atoms with van der Waals surface area (Å²) in [5, 5.41) is 3.95. The standard InChI is InChI=1S/C13H16N4O2S/c1-16-10-12(9-15-16)20(18,19)17-8-2-3-13(17)11-4-6-14-7-5-11/h4-7,9-10,13H,2-3,8H2,1H3/t13-/m1/s1. The molecule has 0 unspecified atom stereocenters. The lowest BCUT2D eigenvalue weighted by molar-refractivity contribution is 0.396. The molecular weight excluding hydrogens is 276 g/mol. The van der Waals surface area contributed by atoms with E-state index in [1.165, 1.54) is 17.1 Å².